The van der Waals surface area contributed by atoms with Crippen molar-refractivity contribution in [3.05, 3.63) is 58.4 Å². The molecule has 0 fully saturated rings. The molecule has 0 saturated carbocycles. The molecule has 98 valence electrons. The van der Waals surface area contributed by atoms with Gasteiger partial charge in [-0.1, -0.05) is 23.8 Å². The maximum atomic E-state index is 13.3. The van der Waals surface area contributed by atoms with Crippen LogP contribution in [-0.2, 0) is 0 Å². The molecule has 0 unspecified atom stereocenters. The minimum atomic E-state index is -0.455. The molecule has 2 rings (SSSR count). The van der Waals surface area contributed by atoms with Crippen molar-refractivity contribution in [1.29, 1.82) is 0 Å². The Balaban J connectivity index is 2.26. The van der Waals surface area contributed by atoms with E-state index in [-0.39, 0.29) is 5.02 Å². The largest absolute Gasteiger partial charge is 0.389 e. The number of hydrogen-bond acceptors (Lipinski definition) is 2. The Morgan fingerprint density at radius 2 is 1.84 bits per heavy atom. The number of halogens is 2. The van der Waals surface area contributed by atoms with Crippen LogP contribution in [0.2, 0.25) is 5.02 Å². The van der Waals surface area contributed by atoms with E-state index in [0.29, 0.717) is 10.7 Å². The van der Waals surface area contributed by atoms with E-state index in [1.54, 1.807) is 6.07 Å². The van der Waals surface area contributed by atoms with E-state index in [2.05, 4.69) is 5.32 Å². The summed E-state index contributed by atoms with van der Waals surface area (Å²) in [7, 11) is 0. The van der Waals surface area contributed by atoms with Gasteiger partial charge in [0, 0.05) is 16.9 Å². The van der Waals surface area contributed by atoms with Gasteiger partial charge in [0.2, 0.25) is 0 Å². The average Bonchev–Trinajstić information content (AvgIpc) is 2.33. The van der Waals surface area contributed by atoms with Crippen LogP contribution in [0.3, 0.4) is 0 Å². The minimum absolute atomic E-state index is 0.102. The molecule has 0 atom stereocenters. The summed E-state index contributed by atoms with van der Waals surface area (Å²) in [5.41, 5.74) is 8.86. The Bertz CT molecular complexity index is 643. The van der Waals surface area contributed by atoms with Gasteiger partial charge < -0.3 is 11.1 Å². The molecule has 2 aromatic rings. The number of hydrogen-bond donors (Lipinski definition) is 2. The zero-order valence-electron chi connectivity index (χ0n) is 10.2. The van der Waals surface area contributed by atoms with E-state index >= 15 is 0 Å². The fourth-order valence-corrected chi connectivity index (χ4v) is 2.11. The SMILES string of the molecule is Cc1cc(Nc2ccc(Cl)c(F)c2)ccc1C(N)=S. The first-order valence-electron chi connectivity index (χ1n) is 5.60. The first-order chi connectivity index (χ1) is 8.97. The molecule has 2 aromatic carbocycles. The summed E-state index contributed by atoms with van der Waals surface area (Å²) in [6, 6.07) is 10.2. The van der Waals surface area contributed by atoms with E-state index in [0.717, 1.165) is 16.8 Å². The molecule has 0 aliphatic rings. The number of anilines is 2. The van der Waals surface area contributed by atoms with Crippen LogP contribution in [0.5, 0.6) is 0 Å². The molecule has 2 nitrogen and oxygen atoms in total. The van der Waals surface area contributed by atoms with Crippen LogP contribution in [0.4, 0.5) is 15.8 Å². The molecule has 0 spiro atoms. The first-order valence-corrected chi connectivity index (χ1v) is 6.38. The lowest BCUT2D eigenvalue weighted by Gasteiger charge is -2.10. The molecular weight excluding hydrogens is 283 g/mol. The second-order valence-electron chi connectivity index (χ2n) is 4.15. The van der Waals surface area contributed by atoms with Crippen molar-refractivity contribution in [2.24, 2.45) is 5.73 Å². The number of nitrogens with two attached hydrogens (primary N) is 1. The van der Waals surface area contributed by atoms with Crippen molar-refractivity contribution in [2.75, 3.05) is 5.32 Å². The Morgan fingerprint density at radius 1 is 1.21 bits per heavy atom. The van der Waals surface area contributed by atoms with Crippen LogP contribution in [0.1, 0.15) is 11.1 Å². The molecule has 0 aliphatic heterocycles. The summed E-state index contributed by atoms with van der Waals surface area (Å²) < 4.78 is 13.3. The predicted molar refractivity (Wildman–Crippen MR) is 81.8 cm³/mol. The quantitative estimate of drug-likeness (QED) is 0.835. The highest BCUT2D eigenvalue weighted by molar-refractivity contribution is 7.80. The lowest BCUT2D eigenvalue weighted by molar-refractivity contribution is 0.629. The van der Waals surface area contributed by atoms with Crippen LogP contribution >= 0.6 is 23.8 Å². The third-order valence-corrected chi connectivity index (χ3v) is 3.23. The third kappa shape index (κ3) is 3.22. The van der Waals surface area contributed by atoms with Crippen molar-refractivity contribution in [1.82, 2.24) is 0 Å². The molecule has 19 heavy (non-hydrogen) atoms. The number of thiocarbonyl (C=S) groups is 1. The lowest BCUT2D eigenvalue weighted by atomic mass is 10.1. The van der Waals surface area contributed by atoms with E-state index in [1.807, 2.05) is 25.1 Å². The topological polar surface area (TPSA) is 38.0 Å². The van der Waals surface area contributed by atoms with Crippen LogP contribution in [0.25, 0.3) is 0 Å². The molecule has 0 aliphatic carbocycles. The van der Waals surface area contributed by atoms with Crippen molar-refractivity contribution in [2.45, 2.75) is 6.92 Å². The van der Waals surface area contributed by atoms with Crippen LogP contribution in [0.15, 0.2) is 36.4 Å². The van der Waals surface area contributed by atoms with E-state index < -0.39 is 5.82 Å². The van der Waals surface area contributed by atoms with Crippen molar-refractivity contribution in [3.63, 3.8) is 0 Å². The molecular formula is C14H12ClFN2S. The molecule has 3 N–H and O–H groups in total. The van der Waals surface area contributed by atoms with Gasteiger partial charge in [-0.05, 0) is 48.9 Å². The Morgan fingerprint density at radius 3 is 2.42 bits per heavy atom. The maximum absolute atomic E-state index is 13.3. The summed E-state index contributed by atoms with van der Waals surface area (Å²) in [6.07, 6.45) is 0. The normalized spacial score (nSPS) is 10.3. The second kappa shape index (κ2) is 5.55. The molecule has 5 heteroatoms. The average molecular weight is 295 g/mol. The number of aryl methyl sites for hydroxylation is 1. The smallest absolute Gasteiger partial charge is 0.143 e. The van der Waals surface area contributed by atoms with Gasteiger partial charge in [0.1, 0.15) is 10.8 Å². The minimum Gasteiger partial charge on any atom is -0.389 e. The van der Waals surface area contributed by atoms with Gasteiger partial charge in [0.25, 0.3) is 0 Å². The lowest BCUT2D eigenvalue weighted by Crippen LogP contribution is -2.11. The second-order valence-corrected chi connectivity index (χ2v) is 4.99. The first kappa shape index (κ1) is 13.8. The Labute approximate surface area is 121 Å². The zero-order chi connectivity index (χ0) is 14.0. The molecule has 0 bridgehead atoms. The van der Waals surface area contributed by atoms with Gasteiger partial charge in [0.05, 0.1) is 5.02 Å². The van der Waals surface area contributed by atoms with Crippen molar-refractivity contribution in [3.8, 4) is 0 Å². The summed E-state index contributed by atoms with van der Waals surface area (Å²) in [5, 5.41) is 3.20. The van der Waals surface area contributed by atoms with Gasteiger partial charge in [-0.2, -0.15) is 0 Å². The molecule has 0 heterocycles. The third-order valence-electron chi connectivity index (χ3n) is 2.70. The van der Waals surface area contributed by atoms with Gasteiger partial charge in [-0.25, -0.2) is 4.39 Å². The van der Waals surface area contributed by atoms with Crippen LogP contribution in [0, 0.1) is 12.7 Å². The molecule has 0 saturated heterocycles. The van der Waals surface area contributed by atoms with Gasteiger partial charge in [-0.15, -0.1) is 0 Å². The Hall–Kier alpha value is -1.65. The molecule has 0 radical (unpaired) electrons. The van der Waals surface area contributed by atoms with Crippen LogP contribution < -0.4 is 11.1 Å². The monoisotopic (exact) mass is 294 g/mol. The summed E-state index contributed by atoms with van der Waals surface area (Å²) in [5.74, 6) is -0.455. The zero-order valence-corrected chi connectivity index (χ0v) is 11.8. The standard InChI is InChI=1S/C14H12ClFN2S/c1-8-6-9(2-4-11(8)14(17)19)18-10-3-5-12(15)13(16)7-10/h2-7,18H,1H3,(H2,17,19). The van der Waals surface area contributed by atoms with Gasteiger partial charge in [-0.3, -0.25) is 0 Å². The van der Waals surface area contributed by atoms with Gasteiger partial charge in [0.15, 0.2) is 0 Å². The van der Waals surface area contributed by atoms with E-state index in [9.17, 15) is 4.39 Å². The highest BCUT2D eigenvalue weighted by atomic mass is 35.5. The van der Waals surface area contributed by atoms with E-state index in [4.69, 9.17) is 29.6 Å². The fourth-order valence-electron chi connectivity index (χ4n) is 1.76. The van der Waals surface area contributed by atoms with Crippen molar-refractivity contribution < 1.29 is 4.39 Å². The van der Waals surface area contributed by atoms with Gasteiger partial charge >= 0.3 is 0 Å². The molecule has 0 amide bonds. The molecule has 0 aromatic heterocycles. The number of benzene rings is 2. The maximum Gasteiger partial charge on any atom is 0.143 e. The summed E-state index contributed by atoms with van der Waals surface area (Å²) in [4.78, 5) is 0.363. The number of rotatable bonds is 3. The Kier molecular flexibility index (Phi) is 4.02. The number of nitrogens with one attached hydrogen (secondary N) is 1. The highest BCUT2D eigenvalue weighted by Gasteiger charge is 2.04. The highest BCUT2D eigenvalue weighted by Crippen LogP contribution is 2.23. The van der Waals surface area contributed by atoms with Crippen LogP contribution in [-0.4, -0.2) is 4.99 Å². The summed E-state index contributed by atoms with van der Waals surface area (Å²) in [6.45, 7) is 1.92. The predicted octanol–water partition coefficient (Wildman–Crippen LogP) is 4.17. The van der Waals surface area contributed by atoms with E-state index in [1.165, 1.54) is 12.1 Å². The summed E-state index contributed by atoms with van der Waals surface area (Å²) >= 11 is 10.6. The fraction of sp³-hybridized carbons (Fsp3) is 0.0714. The van der Waals surface area contributed by atoms with Crippen molar-refractivity contribution >= 4 is 40.2 Å².